The van der Waals surface area contributed by atoms with Crippen LogP contribution >= 0.6 is 11.3 Å². The van der Waals surface area contributed by atoms with E-state index in [1.165, 1.54) is 11.3 Å². The molecular weight excluding hydrogens is 306 g/mol. The van der Waals surface area contributed by atoms with Crippen LogP contribution in [0.25, 0.3) is 0 Å². The molecule has 1 aliphatic heterocycles. The van der Waals surface area contributed by atoms with Crippen LogP contribution in [-0.2, 0) is 6.54 Å². The molecule has 4 N–H and O–H groups in total. The number of aliphatic hydroxyl groups excluding tert-OH is 1. The van der Waals surface area contributed by atoms with E-state index in [9.17, 15) is 9.90 Å². The number of primary amides is 1. The molecule has 0 spiro atoms. The predicted octanol–water partition coefficient (Wildman–Crippen LogP) is -0.957. The quantitative estimate of drug-likeness (QED) is 0.662. The van der Waals surface area contributed by atoms with E-state index in [1.54, 1.807) is 11.6 Å². The molecule has 3 heterocycles. The lowest BCUT2D eigenvalue weighted by Crippen LogP contribution is -2.33. The van der Waals surface area contributed by atoms with Crippen molar-refractivity contribution in [3.63, 3.8) is 0 Å². The van der Waals surface area contributed by atoms with E-state index in [0.717, 1.165) is 12.2 Å². The van der Waals surface area contributed by atoms with Gasteiger partial charge in [-0.05, 0) is 0 Å². The first-order chi connectivity index (χ1) is 10.6. The number of hydrogen-bond acceptors (Lipinski definition) is 8. The van der Waals surface area contributed by atoms with Gasteiger partial charge < -0.3 is 15.7 Å². The zero-order valence-electron chi connectivity index (χ0n) is 11.8. The third-order valence-electron chi connectivity index (χ3n) is 3.45. The second-order valence-corrected chi connectivity index (χ2v) is 6.01. The van der Waals surface area contributed by atoms with Gasteiger partial charge in [0.05, 0.1) is 18.0 Å². The van der Waals surface area contributed by atoms with Gasteiger partial charge in [0.15, 0.2) is 5.13 Å². The topological polar surface area (TPSA) is 124 Å². The average Bonchev–Trinajstić information content (AvgIpc) is 3.11. The highest BCUT2D eigenvalue weighted by Gasteiger charge is 2.24. The second kappa shape index (κ2) is 6.38. The normalized spacial score (nSPS) is 20.0. The fraction of sp³-hybridized carbons (Fsp3) is 0.500. The highest BCUT2D eigenvalue weighted by Crippen LogP contribution is 2.22. The zero-order valence-corrected chi connectivity index (χ0v) is 12.7. The van der Waals surface area contributed by atoms with Gasteiger partial charge in [-0.15, -0.1) is 11.3 Å². The van der Waals surface area contributed by atoms with Crippen LogP contribution in [0.5, 0.6) is 0 Å². The average molecular weight is 323 g/mol. The van der Waals surface area contributed by atoms with Gasteiger partial charge in [-0.3, -0.25) is 9.69 Å². The zero-order chi connectivity index (χ0) is 15.5. The number of hydrogen-bond donors (Lipinski definition) is 3. The summed E-state index contributed by atoms with van der Waals surface area (Å²) in [5.74, 6) is -0.537. The Hall–Kier alpha value is -2.04. The van der Waals surface area contributed by atoms with Crippen molar-refractivity contribution in [2.75, 3.05) is 31.1 Å². The standard InChI is InChI=1S/C12H17N7O2S/c13-11(21)10-7-22-12(15-10)19-2-1-18(5-9(20)6-19)4-8-3-14-17-16-8/h3,7,9,20H,1-2,4-6H2,(H2,13,21)(H,14,16,17)/t9-/m0/s1. The number of nitrogens with zero attached hydrogens (tertiary/aromatic N) is 5. The van der Waals surface area contributed by atoms with Crippen molar-refractivity contribution >= 4 is 22.4 Å². The molecule has 0 aliphatic carbocycles. The Morgan fingerprint density at radius 2 is 2.36 bits per heavy atom. The molecule has 22 heavy (non-hydrogen) atoms. The van der Waals surface area contributed by atoms with Crippen molar-refractivity contribution in [1.82, 2.24) is 25.3 Å². The van der Waals surface area contributed by atoms with Gasteiger partial charge in [0, 0.05) is 38.1 Å². The summed E-state index contributed by atoms with van der Waals surface area (Å²) in [4.78, 5) is 19.4. The lowest BCUT2D eigenvalue weighted by atomic mass is 10.3. The summed E-state index contributed by atoms with van der Waals surface area (Å²) in [5, 5.41) is 22.9. The number of H-pyrrole nitrogens is 1. The molecule has 1 saturated heterocycles. The Morgan fingerprint density at radius 3 is 3.05 bits per heavy atom. The van der Waals surface area contributed by atoms with Crippen LogP contribution in [0.2, 0.25) is 0 Å². The van der Waals surface area contributed by atoms with E-state index in [4.69, 9.17) is 5.73 Å². The highest BCUT2D eigenvalue weighted by atomic mass is 32.1. The number of anilines is 1. The third kappa shape index (κ3) is 3.40. The lowest BCUT2D eigenvalue weighted by molar-refractivity contribution is 0.0996. The van der Waals surface area contributed by atoms with Crippen molar-refractivity contribution in [3.05, 3.63) is 23.0 Å². The van der Waals surface area contributed by atoms with Crippen LogP contribution < -0.4 is 10.6 Å². The molecule has 0 aromatic carbocycles. The molecule has 0 unspecified atom stereocenters. The molecule has 1 aliphatic rings. The molecular formula is C12H17N7O2S. The van der Waals surface area contributed by atoms with Gasteiger partial charge in [-0.2, -0.15) is 15.4 Å². The van der Waals surface area contributed by atoms with Crippen molar-refractivity contribution in [2.24, 2.45) is 5.73 Å². The molecule has 9 nitrogen and oxygen atoms in total. The summed E-state index contributed by atoms with van der Waals surface area (Å²) < 4.78 is 0. The molecule has 3 rings (SSSR count). The summed E-state index contributed by atoms with van der Waals surface area (Å²) in [5.41, 5.74) is 6.33. The third-order valence-corrected chi connectivity index (χ3v) is 4.35. The van der Waals surface area contributed by atoms with Crippen LogP contribution in [0.4, 0.5) is 5.13 Å². The molecule has 2 aromatic rings. The summed E-state index contributed by atoms with van der Waals surface area (Å²) in [7, 11) is 0. The number of carbonyl (C=O) groups excluding carboxylic acids is 1. The van der Waals surface area contributed by atoms with Gasteiger partial charge in [0.2, 0.25) is 0 Å². The molecule has 0 radical (unpaired) electrons. The molecule has 2 aromatic heterocycles. The molecule has 1 amide bonds. The lowest BCUT2D eigenvalue weighted by Gasteiger charge is -2.20. The van der Waals surface area contributed by atoms with Crippen LogP contribution in [0, 0.1) is 0 Å². The Morgan fingerprint density at radius 1 is 1.50 bits per heavy atom. The van der Waals surface area contributed by atoms with Gasteiger partial charge in [-0.1, -0.05) is 0 Å². The number of rotatable bonds is 4. The number of aromatic nitrogens is 4. The molecule has 1 fully saturated rings. The minimum atomic E-state index is -0.537. The van der Waals surface area contributed by atoms with Crippen LogP contribution in [0.1, 0.15) is 16.2 Å². The molecule has 0 bridgehead atoms. The number of thiazole rings is 1. The van der Waals surface area contributed by atoms with E-state index < -0.39 is 12.0 Å². The number of nitrogens with two attached hydrogens (primary N) is 1. The first kappa shape index (κ1) is 14.9. The summed E-state index contributed by atoms with van der Waals surface area (Å²) in [6, 6.07) is 0. The van der Waals surface area contributed by atoms with E-state index in [0.29, 0.717) is 31.3 Å². The van der Waals surface area contributed by atoms with Crippen LogP contribution in [0.3, 0.4) is 0 Å². The van der Waals surface area contributed by atoms with Crippen molar-refractivity contribution in [2.45, 2.75) is 12.6 Å². The fourth-order valence-corrected chi connectivity index (χ4v) is 3.28. The monoisotopic (exact) mass is 323 g/mol. The number of aromatic amines is 1. The largest absolute Gasteiger partial charge is 0.390 e. The second-order valence-electron chi connectivity index (χ2n) is 5.18. The van der Waals surface area contributed by atoms with E-state index in [1.807, 2.05) is 4.90 Å². The van der Waals surface area contributed by atoms with E-state index in [2.05, 4.69) is 25.3 Å². The number of β-amino-alcohol motifs (C(OH)–C–C–N with tert-alkyl or cyclic N) is 1. The highest BCUT2D eigenvalue weighted by molar-refractivity contribution is 7.13. The maximum absolute atomic E-state index is 11.1. The van der Waals surface area contributed by atoms with Crippen LogP contribution in [0.15, 0.2) is 11.6 Å². The van der Waals surface area contributed by atoms with Gasteiger partial charge in [-0.25, -0.2) is 4.98 Å². The maximum atomic E-state index is 11.1. The fourth-order valence-electron chi connectivity index (χ4n) is 2.43. The van der Waals surface area contributed by atoms with E-state index >= 15 is 0 Å². The minimum absolute atomic E-state index is 0.262. The van der Waals surface area contributed by atoms with Crippen LogP contribution in [-0.4, -0.2) is 68.6 Å². The maximum Gasteiger partial charge on any atom is 0.268 e. The van der Waals surface area contributed by atoms with Crippen molar-refractivity contribution in [1.29, 1.82) is 0 Å². The van der Waals surface area contributed by atoms with Crippen molar-refractivity contribution in [3.8, 4) is 0 Å². The Balaban J connectivity index is 1.66. The summed E-state index contributed by atoms with van der Waals surface area (Å²) in [6.45, 7) is 3.13. The van der Waals surface area contributed by atoms with E-state index in [-0.39, 0.29) is 5.69 Å². The Kier molecular flexibility index (Phi) is 4.32. The molecule has 118 valence electrons. The first-order valence-electron chi connectivity index (χ1n) is 6.87. The van der Waals surface area contributed by atoms with Gasteiger partial charge >= 0.3 is 0 Å². The number of amides is 1. The van der Waals surface area contributed by atoms with Crippen molar-refractivity contribution < 1.29 is 9.90 Å². The number of carbonyl (C=O) groups is 1. The molecule has 0 saturated carbocycles. The SMILES string of the molecule is NC(=O)c1csc(N2CCN(Cc3cn[nH]n3)C[C@H](O)C2)n1. The Bertz CT molecular complexity index is 629. The van der Waals surface area contributed by atoms with Gasteiger partial charge in [0.1, 0.15) is 5.69 Å². The van der Waals surface area contributed by atoms with Gasteiger partial charge in [0.25, 0.3) is 5.91 Å². The molecule has 1 atom stereocenters. The molecule has 10 heteroatoms. The summed E-state index contributed by atoms with van der Waals surface area (Å²) in [6.07, 6.45) is 1.17. The smallest absolute Gasteiger partial charge is 0.268 e. The minimum Gasteiger partial charge on any atom is -0.390 e. The summed E-state index contributed by atoms with van der Waals surface area (Å²) >= 11 is 1.36. The number of nitrogens with one attached hydrogen (secondary N) is 1. The number of aliphatic hydroxyl groups is 1. The predicted molar refractivity (Wildman–Crippen MR) is 80.5 cm³/mol. The Labute approximate surface area is 130 Å². The first-order valence-corrected chi connectivity index (χ1v) is 7.75.